The van der Waals surface area contributed by atoms with E-state index in [4.69, 9.17) is 11.6 Å². The van der Waals surface area contributed by atoms with Crippen LogP contribution >= 0.6 is 11.6 Å². The number of nitrogens with zero attached hydrogens (tertiary/aromatic N) is 1. The highest BCUT2D eigenvalue weighted by Gasteiger charge is 2.04. The molecule has 2 amide bonds. The van der Waals surface area contributed by atoms with E-state index in [1.807, 2.05) is 45.3 Å². The Bertz CT molecular complexity index is 686. The molecule has 0 spiro atoms. The molecule has 0 heterocycles. The zero-order valence-corrected chi connectivity index (χ0v) is 14.4. The molecule has 0 aromatic heterocycles. The van der Waals surface area contributed by atoms with Crippen LogP contribution in [0.3, 0.4) is 0 Å². The molecule has 0 bridgehead atoms. The summed E-state index contributed by atoms with van der Waals surface area (Å²) >= 11 is 6.05. The maximum atomic E-state index is 12.0. The number of urea groups is 1. The first kappa shape index (κ1) is 17.3. The van der Waals surface area contributed by atoms with Crippen molar-refractivity contribution in [3.63, 3.8) is 0 Å². The number of hydrogen-bond donors (Lipinski definition) is 2. The summed E-state index contributed by atoms with van der Waals surface area (Å²) in [6.07, 6.45) is 0. The quantitative estimate of drug-likeness (QED) is 0.868. The topological polar surface area (TPSA) is 44.4 Å². The van der Waals surface area contributed by atoms with Gasteiger partial charge in [-0.25, -0.2) is 4.79 Å². The Morgan fingerprint density at radius 2 is 1.87 bits per heavy atom. The van der Waals surface area contributed by atoms with Gasteiger partial charge in [-0.1, -0.05) is 41.9 Å². The number of halogens is 1. The summed E-state index contributed by atoms with van der Waals surface area (Å²) in [4.78, 5) is 14.1. The second-order valence-corrected chi connectivity index (χ2v) is 6.24. The molecule has 0 aliphatic rings. The summed E-state index contributed by atoms with van der Waals surface area (Å²) < 4.78 is 0. The molecule has 2 aromatic rings. The van der Waals surface area contributed by atoms with Crippen LogP contribution in [0.2, 0.25) is 5.02 Å². The summed E-state index contributed by atoms with van der Waals surface area (Å²) in [7, 11) is 4.07. The highest BCUT2D eigenvalue weighted by Crippen LogP contribution is 2.19. The molecule has 0 aliphatic heterocycles. The van der Waals surface area contributed by atoms with Gasteiger partial charge in [0.1, 0.15) is 0 Å². The average Bonchev–Trinajstić information content (AvgIpc) is 2.49. The lowest BCUT2D eigenvalue weighted by molar-refractivity contribution is 0.251. The molecule has 122 valence electrons. The number of hydrogen-bond acceptors (Lipinski definition) is 2. The fraction of sp³-hybridized carbons (Fsp3) is 0.278. The first-order valence-corrected chi connectivity index (χ1v) is 7.85. The summed E-state index contributed by atoms with van der Waals surface area (Å²) in [6.45, 7) is 3.28. The van der Waals surface area contributed by atoms with Gasteiger partial charge in [0, 0.05) is 23.8 Å². The zero-order chi connectivity index (χ0) is 16.8. The number of benzene rings is 2. The van der Waals surface area contributed by atoms with E-state index in [1.165, 1.54) is 5.56 Å². The molecule has 2 rings (SSSR count). The Morgan fingerprint density at radius 1 is 1.13 bits per heavy atom. The second-order valence-electron chi connectivity index (χ2n) is 5.83. The van der Waals surface area contributed by atoms with Crippen LogP contribution in [0.25, 0.3) is 0 Å². The third-order valence-electron chi connectivity index (χ3n) is 3.37. The summed E-state index contributed by atoms with van der Waals surface area (Å²) in [5.74, 6) is 0. The van der Waals surface area contributed by atoms with Crippen LogP contribution in [-0.4, -0.2) is 25.0 Å². The minimum Gasteiger partial charge on any atom is -0.334 e. The Balaban J connectivity index is 1.90. The highest BCUT2D eigenvalue weighted by atomic mass is 35.5. The summed E-state index contributed by atoms with van der Waals surface area (Å²) in [6, 6.07) is 13.4. The number of anilines is 1. The highest BCUT2D eigenvalue weighted by molar-refractivity contribution is 6.31. The van der Waals surface area contributed by atoms with Gasteiger partial charge in [-0.05, 0) is 49.8 Å². The molecule has 0 atom stereocenters. The number of amides is 2. The van der Waals surface area contributed by atoms with Crippen molar-refractivity contribution < 1.29 is 4.79 Å². The minimum absolute atomic E-state index is 0.247. The van der Waals surface area contributed by atoms with Crippen molar-refractivity contribution in [3.05, 3.63) is 64.2 Å². The maximum Gasteiger partial charge on any atom is 0.319 e. The number of aryl methyl sites for hydroxylation is 1. The van der Waals surface area contributed by atoms with Gasteiger partial charge in [-0.3, -0.25) is 0 Å². The molecule has 0 unspecified atom stereocenters. The van der Waals surface area contributed by atoms with E-state index >= 15 is 0 Å². The van der Waals surface area contributed by atoms with E-state index in [1.54, 1.807) is 6.07 Å². The van der Waals surface area contributed by atoms with E-state index in [9.17, 15) is 4.79 Å². The van der Waals surface area contributed by atoms with Gasteiger partial charge in [0.2, 0.25) is 0 Å². The molecule has 0 fully saturated rings. The first-order valence-electron chi connectivity index (χ1n) is 7.47. The second kappa shape index (κ2) is 7.99. The lowest BCUT2D eigenvalue weighted by atomic mass is 10.1. The molecule has 5 heteroatoms. The lowest BCUT2D eigenvalue weighted by Gasteiger charge is -2.12. The van der Waals surface area contributed by atoms with Gasteiger partial charge in [0.25, 0.3) is 0 Å². The predicted octanol–water partition coefficient (Wildman–Crippen LogP) is 4.03. The van der Waals surface area contributed by atoms with Crippen LogP contribution in [0, 0.1) is 6.92 Å². The number of carbonyl (C=O) groups excluding carboxylic acids is 1. The van der Waals surface area contributed by atoms with Crippen molar-refractivity contribution in [2.45, 2.75) is 20.0 Å². The van der Waals surface area contributed by atoms with Crippen molar-refractivity contribution in [1.29, 1.82) is 0 Å². The predicted molar refractivity (Wildman–Crippen MR) is 95.9 cm³/mol. The number of nitrogens with one attached hydrogen (secondary N) is 2. The van der Waals surface area contributed by atoms with E-state index in [2.05, 4.69) is 27.7 Å². The van der Waals surface area contributed by atoms with Crippen molar-refractivity contribution in [3.8, 4) is 0 Å². The molecule has 2 aromatic carbocycles. The molecule has 0 aliphatic carbocycles. The zero-order valence-electron chi connectivity index (χ0n) is 13.7. The molecular weight excluding hydrogens is 310 g/mol. The van der Waals surface area contributed by atoms with E-state index < -0.39 is 0 Å². The molecule has 0 saturated heterocycles. The first-order chi connectivity index (χ1) is 10.9. The smallest absolute Gasteiger partial charge is 0.319 e. The van der Waals surface area contributed by atoms with Gasteiger partial charge in [-0.2, -0.15) is 0 Å². The largest absolute Gasteiger partial charge is 0.334 e. The Hall–Kier alpha value is -2.04. The minimum atomic E-state index is -0.247. The SMILES string of the molecule is Cc1ccc(NC(=O)NCc2cccc(CN(C)C)c2)cc1Cl. The fourth-order valence-electron chi connectivity index (χ4n) is 2.23. The van der Waals surface area contributed by atoms with Crippen molar-refractivity contribution in [2.75, 3.05) is 19.4 Å². The van der Waals surface area contributed by atoms with E-state index in [0.29, 0.717) is 17.3 Å². The Labute approximate surface area is 142 Å². The summed E-state index contributed by atoms with van der Waals surface area (Å²) in [5, 5.41) is 6.28. The van der Waals surface area contributed by atoms with Gasteiger partial charge in [0.05, 0.1) is 0 Å². The maximum absolute atomic E-state index is 12.0. The third kappa shape index (κ3) is 5.58. The van der Waals surface area contributed by atoms with Crippen molar-refractivity contribution >= 4 is 23.3 Å². The van der Waals surface area contributed by atoms with Gasteiger partial charge < -0.3 is 15.5 Å². The van der Waals surface area contributed by atoms with E-state index in [0.717, 1.165) is 17.7 Å². The molecule has 0 radical (unpaired) electrons. The standard InChI is InChI=1S/C18H22ClN3O/c1-13-7-8-16(10-17(13)19)21-18(23)20-11-14-5-4-6-15(9-14)12-22(2)3/h4-10H,11-12H2,1-3H3,(H2,20,21,23). The Kier molecular flexibility index (Phi) is 6.02. The van der Waals surface area contributed by atoms with Gasteiger partial charge in [-0.15, -0.1) is 0 Å². The van der Waals surface area contributed by atoms with Crippen LogP contribution in [0.15, 0.2) is 42.5 Å². The Morgan fingerprint density at radius 3 is 2.57 bits per heavy atom. The normalized spacial score (nSPS) is 10.7. The van der Waals surface area contributed by atoms with Crippen LogP contribution in [0.4, 0.5) is 10.5 Å². The molecule has 23 heavy (non-hydrogen) atoms. The van der Waals surface area contributed by atoms with Gasteiger partial charge in [0.15, 0.2) is 0 Å². The van der Waals surface area contributed by atoms with Crippen molar-refractivity contribution in [2.24, 2.45) is 0 Å². The van der Waals surface area contributed by atoms with Crippen LogP contribution in [0.1, 0.15) is 16.7 Å². The number of rotatable bonds is 5. The van der Waals surface area contributed by atoms with Crippen LogP contribution < -0.4 is 10.6 Å². The lowest BCUT2D eigenvalue weighted by Crippen LogP contribution is -2.28. The van der Waals surface area contributed by atoms with Crippen LogP contribution in [0.5, 0.6) is 0 Å². The average molecular weight is 332 g/mol. The van der Waals surface area contributed by atoms with Gasteiger partial charge >= 0.3 is 6.03 Å². The molecule has 2 N–H and O–H groups in total. The fourth-order valence-corrected chi connectivity index (χ4v) is 2.41. The molecule has 0 saturated carbocycles. The van der Waals surface area contributed by atoms with E-state index in [-0.39, 0.29) is 6.03 Å². The molecular formula is C18H22ClN3O. The molecule has 4 nitrogen and oxygen atoms in total. The summed E-state index contributed by atoms with van der Waals surface area (Å²) in [5.41, 5.74) is 3.95. The third-order valence-corrected chi connectivity index (χ3v) is 3.78. The van der Waals surface area contributed by atoms with Crippen LogP contribution in [-0.2, 0) is 13.1 Å². The number of carbonyl (C=O) groups is 1. The monoisotopic (exact) mass is 331 g/mol. The van der Waals surface area contributed by atoms with Crippen molar-refractivity contribution in [1.82, 2.24) is 10.2 Å².